The summed E-state index contributed by atoms with van der Waals surface area (Å²) in [6.45, 7) is 3.20. The maximum Gasteiger partial charge on any atom is 0.247 e. The Morgan fingerprint density at radius 1 is 1.24 bits per heavy atom. The van der Waals surface area contributed by atoms with Crippen molar-refractivity contribution in [2.24, 2.45) is 5.92 Å². The highest BCUT2D eigenvalue weighted by Crippen LogP contribution is 2.34. The number of fused-ring (bicyclic) bond motifs is 1. The number of aliphatic hydroxyl groups is 1. The zero-order chi connectivity index (χ0) is 28.1. The second kappa shape index (κ2) is 12.5. The molecule has 0 aliphatic carbocycles. The lowest BCUT2D eigenvalue weighted by molar-refractivity contribution is 0.0904. The smallest absolute Gasteiger partial charge is 0.247 e. The number of hydrogen-bond acceptors (Lipinski definition) is 8. The first-order valence-corrected chi connectivity index (χ1v) is 14.8. The lowest BCUT2D eigenvalue weighted by Crippen LogP contribution is -2.50. The van der Waals surface area contributed by atoms with Gasteiger partial charge in [-0.15, -0.1) is 0 Å². The highest BCUT2D eigenvalue weighted by Gasteiger charge is 2.39. The Balaban J connectivity index is 2.04. The minimum absolute atomic E-state index is 0.0244. The van der Waals surface area contributed by atoms with E-state index in [1.54, 1.807) is 32.0 Å². The monoisotopic (exact) mass is 566 g/mol. The fraction of sp³-hybridized carbons (Fsp3) is 0.462. The molecule has 1 aliphatic heterocycles. The van der Waals surface area contributed by atoms with Gasteiger partial charge in [0, 0.05) is 44.3 Å². The van der Waals surface area contributed by atoms with Crippen molar-refractivity contribution in [3.05, 3.63) is 48.0 Å². The predicted octanol–water partition coefficient (Wildman–Crippen LogP) is 1.78. The van der Waals surface area contributed by atoms with Crippen LogP contribution in [0.4, 0.5) is 0 Å². The third kappa shape index (κ3) is 6.48. The molecule has 10 nitrogen and oxygen atoms in total. The Hall–Kier alpha value is -2.66. The largest absolute Gasteiger partial charge is 0.497 e. The van der Waals surface area contributed by atoms with Crippen LogP contribution in [0.25, 0.3) is 0 Å². The Bertz CT molecular complexity index is 1400. The first-order chi connectivity index (χ1) is 17.9. The molecule has 12 heteroatoms. The molecule has 1 N–H and O–H groups in total. The van der Waals surface area contributed by atoms with Crippen LogP contribution in [0, 0.1) is 17.8 Å². The van der Waals surface area contributed by atoms with E-state index in [0.717, 1.165) is 0 Å². The van der Waals surface area contributed by atoms with Crippen LogP contribution in [0.1, 0.15) is 19.4 Å². The molecule has 38 heavy (non-hydrogen) atoms. The van der Waals surface area contributed by atoms with Gasteiger partial charge in [-0.3, -0.25) is 0 Å². The molecule has 0 radical (unpaired) electrons. The molecule has 0 amide bonds. The number of methoxy groups -OCH3 is 2. The number of ether oxygens (including phenoxy) is 3. The predicted molar refractivity (Wildman–Crippen MR) is 142 cm³/mol. The molecule has 1 heterocycles. The number of nitrogens with zero attached hydrogens (tertiary/aromatic N) is 2. The second-order valence-electron chi connectivity index (χ2n) is 9.10. The number of hydrogen-bond donors (Lipinski definition) is 1. The van der Waals surface area contributed by atoms with Gasteiger partial charge in [0.25, 0.3) is 0 Å². The summed E-state index contributed by atoms with van der Waals surface area (Å²) in [6, 6.07) is 9.98. The molecule has 0 aromatic heterocycles. The van der Waals surface area contributed by atoms with Crippen molar-refractivity contribution in [2.75, 3.05) is 47.6 Å². The van der Waals surface area contributed by atoms with E-state index in [1.807, 2.05) is 0 Å². The Morgan fingerprint density at radius 3 is 2.63 bits per heavy atom. The van der Waals surface area contributed by atoms with Gasteiger partial charge in [0.2, 0.25) is 20.0 Å². The SMILES string of the molecule is COCC#Cc1ccc2c(c1)O[C@H](CN(C)S(=O)(=O)c1cccc(OC)c1)[C@@H](C)CN([C@@H](C)CO)S2(=O)=O. The van der Waals surface area contributed by atoms with Crippen LogP contribution in [0.15, 0.2) is 52.3 Å². The lowest BCUT2D eigenvalue weighted by atomic mass is 10.0. The van der Waals surface area contributed by atoms with Gasteiger partial charge in [0.05, 0.1) is 25.2 Å². The van der Waals surface area contributed by atoms with E-state index in [0.29, 0.717) is 11.3 Å². The molecule has 208 valence electrons. The van der Waals surface area contributed by atoms with Crippen molar-refractivity contribution in [2.45, 2.75) is 35.8 Å². The van der Waals surface area contributed by atoms with E-state index in [9.17, 15) is 21.9 Å². The van der Waals surface area contributed by atoms with E-state index >= 15 is 0 Å². The molecule has 0 saturated heterocycles. The molecule has 3 rings (SSSR count). The molecule has 3 atom stereocenters. The summed E-state index contributed by atoms with van der Waals surface area (Å²) in [4.78, 5) is -0.0163. The highest BCUT2D eigenvalue weighted by atomic mass is 32.2. The lowest BCUT2D eigenvalue weighted by Gasteiger charge is -2.37. The summed E-state index contributed by atoms with van der Waals surface area (Å²) in [5, 5.41) is 9.80. The number of rotatable bonds is 8. The fourth-order valence-corrected chi connectivity index (χ4v) is 7.07. The fourth-order valence-electron chi connectivity index (χ4n) is 4.02. The van der Waals surface area contributed by atoms with Crippen LogP contribution in [-0.2, 0) is 24.8 Å². The highest BCUT2D eigenvalue weighted by molar-refractivity contribution is 7.89. The van der Waals surface area contributed by atoms with Crippen LogP contribution in [0.5, 0.6) is 11.5 Å². The first-order valence-electron chi connectivity index (χ1n) is 12.0. The van der Waals surface area contributed by atoms with Gasteiger partial charge < -0.3 is 19.3 Å². The van der Waals surface area contributed by atoms with Gasteiger partial charge in [0.15, 0.2) is 0 Å². The molecule has 2 aromatic carbocycles. The number of benzene rings is 2. The Labute approximate surface area is 225 Å². The average molecular weight is 567 g/mol. The molecule has 0 saturated carbocycles. The van der Waals surface area contributed by atoms with Crippen molar-refractivity contribution in [1.82, 2.24) is 8.61 Å². The third-order valence-electron chi connectivity index (χ3n) is 6.30. The first kappa shape index (κ1) is 29.9. The van der Waals surface area contributed by atoms with E-state index < -0.39 is 38.1 Å². The van der Waals surface area contributed by atoms with E-state index in [2.05, 4.69) is 11.8 Å². The maximum absolute atomic E-state index is 13.6. The van der Waals surface area contributed by atoms with Crippen LogP contribution >= 0.6 is 0 Å². The normalized spacial score (nSPS) is 20.3. The summed E-state index contributed by atoms with van der Waals surface area (Å²) in [7, 11) is -3.52. The molecule has 1 aliphatic rings. The average Bonchev–Trinajstić information content (AvgIpc) is 2.90. The van der Waals surface area contributed by atoms with Crippen molar-refractivity contribution < 1.29 is 36.2 Å². The quantitative estimate of drug-likeness (QED) is 0.480. The molecule has 0 bridgehead atoms. The van der Waals surface area contributed by atoms with Crippen molar-refractivity contribution in [3.63, 3.8) is 0 Å². The van der Waals surface area contributed by atoms with Gasteiger partial charge in [-0.2, -0.15) is 8.61 Å². The van der Waals surface area contributed by atoms with Crippen molar-refractivity contribution in [1.29, 1.82) is 0 Å². The summed E-state index contributed by atoms with van der Waals surface area (Å²) in [5.41, 5.74) is 0.516. The van der Waals surface area contributed by atoms with Crippen LogP contribution < -0.4 is 9.47 Å². The summed E-state index contributed by atoms with van der Waals surface area (Å²) >= 11 is 0. The standard InChI is InChI=1S/C26H34N2O8S2/c1-19-16-28(20(2)18-29)38(32,33)26-12-11-21(8-7-13-34-4)14-24(26)36-25(19)17-27(3)37(30,31)23-10-6-9-22(15-23)35-5/h6,9-12,14-15,19-20,25,29H,13,16-18H2,1-5H3/t19-,20-,25+/m0/s1. The summed E-state index contributed by atoms with van der Waals surface area (Å²) in [5.74, 6) is 5.77. The zero-order valence-corrected chi connectivity index (χ0v) is 23.8. The van der Waals surface area contributed by atoms with Crippen LogP contribution in [0.2, 0.25) is 0 Å². The molecular weight excluding hydrogens is 532 g/mol. The minimum Gasteiger partial charge on any atom is -0.497 e. The van der Waals surface area contributed by atoms with Crippen LogP contribution in [-0.4, -0.2) is 90.3 Å². The molecular formula is C26H34N2O8S2. The summed E-state index contributed by atoms with van der Waals surface area (Å²) < 4.78 is 72.7. The topological polar surface area (TPSA) is 123 Å². The Kier molecular flexibility index (Phi) is 9.80. The van der Waals surface area contributed by atoms with E-state index in [1.165, 1.54) is 54.1 Å². The van der Waals surface area contributed by atoms with E-state index in [-0.39, 0.29) is 41.8 Å². The van der Waals surface area contributed by atoms with Gasteiger partial charge in [-0.25, -0.2) is 16.8 Å². The minimum atomic E-state index is -4.03. The molecule has 2 aromatic rings. The van der Waals surface area contributed by atoms with Crippen LogP contribution in [0.3, 0.4) is 0 Å². The Morgan fingerprint density at radius 2 is 1.97 bits per heavy atom. The van der Waals surface area contributed by atoms with Crippen molar-refractivity contribution >= 4 is 20.0 Å². The van der Waals surface area contributed by atoms with Gasteiger partial charge in [-0.1, -0.05) is 24.8 Å². The van der Waals surface area contributed by atoms with Gasteiger partial charge in [0.1, 0.15) is 29.1 Å². The van der Waals surface area contributed by atoms with Gasteiger partial charge in [-0.05, 0) is 37.3 Å². The molecule has 0 unspecified atom stereocenters. The number of aliphatic hydroxyl groups excluding tert-OH is 1. The second-order valence-corrected chi connectivity index (χ2v) is 13.0. The van der Waals surface area contributed by atoms with Crippen molar-refractivity contribution in [3.8, 4) is 23.3 Å². The maximum atomic E-state index is 13.6. The summed E-state index contributed by atoms with van der Waals surface area (Å²) in [6.07, 6.45) is -0.717. The molecule has 0 fully saturated rings. The zero-order valence-electron chi connectivity index (χ0n) is 22.1. The van der Waals surface area contributed by atoms with Gasteiger partial charge >= 0.3 is 0 Å². The number of likely N-dealkylation sites (N-methyl/N-ethyl adjacent to an activating group) is 1. The molecule has 0 spiro atoms. The van der Waals surface area contributed by atoms with E-state index in [4.69, 9.17) is 14.2 Å². The third-order valence-corrected chi connectivity index (χ3v) is 10.1. The number of sulfonamides is 2.